The monoisotopic (exact) mass is 423 g/mol. The molecule has 4 nitrogen and oxygen atoms in total. The van der Waals surface area contributed by atoms with Crippen molar-refractivity contribution in [2.45, 2.75) is 45.8 Å². The fourth-order valence-corrected chi connectivity index (χ4v) is 1.88. The molecule has 1 rings (SSSR count). The van der Waals surface area contributed by atoms with E-state index in [-0.39, 0.29) is 36.3 Å². The maximum Gasteiger partial charge on any atom is 0.191 e. The zero-order valence-corrected chi connectivity index (χ0v) is 15.9. The van der Waals surface area contributed by atoms with Gasteiger partial charge in [-0.3, -0.25) is 0 Å². The molecule has 3 N–H and O–H groups in total. The highest BCUT2D eigenvalue weighted by Gasteiger charge is 2.22. The molecule has 0 aliphatic carbocycles. The third kappa shape index (κ3) is 6.91. The van der Waals surface area contributed by atoms with E-state index in [0.717, 1.165) is 0 Å². The van der Waals surface area contributed by atoms with Crippen LogP contribution in [0.3, 0.4) is 0 Å². The van der Waals surface area contributed by atoms with E-state index < -0.39 is 5.60 Å². The molecule has 0 saturated carbocycles. The van der Waals surface area contributed by atoms with Crippen LogP contribution in [0, 0.1) is 5.82 Å². The Bertz CT molecular complexity index is 464. The van der Waals surface area contributed by atoms with E-state index >= 15 is 0 Å². The van der Waals surface area contributed by atoms with Crippen molar-refractivity contribution in [1.29, 1.82) is 0 Å². The van der Waals surface area contributed by atoms with E-state index in [1.165, 1.54) is 6.07 Å². The first-order chi connectivity index (χ1) is 10.0. The second-order valence-corrected chi connectivity index (χ2v) is 5.07. The average molecular weight is 423 g/mol. The Kier molecular flexibility index (Phi) is 10.3. The Balaban J connectivity index is 0.00000441. The number of benzene rings is 1. The van der Waals surface area contributed by atoms with Gasteiger partial charge in [-0.1, -0.05) is 32.0 Å². The van der Waals surface area contributed by atoms with Crippen molar-refractivity contribution >= 4 is 29.9 Å². The van der Waals surface area contributed by atoms with E-state index in [9.17, 15) is 9.50 Å². The minimum absolute atomic E-state index is 0. The van der Waals surface area contributed by atoms with Crippen LogP contribution in [0.2, 0.25) is 0 Å². The van der Waals surface area contributed by atoms with Crippen LogP contribution in [0.25, 0.3) is 0 Å². The first kappa shape index (κ1) is 21.1. The molecule has 1 aromatic rings. The van der Waals surface area contributed by atoms with E-state index in [1.807, 2.05) is 20.8 Å². The number of aliphatic hydroxyl groups is 1. The third-order valence-electron chi connectivity index (χ3n) is 3.61. The van der Waals surface area contributed by atoms with Crippen molar-refractivity contribution in [2.24, 2.45) is 4.99 Å². The number of aliphatic imine (C=N–C) groups is 1. The summed E-state index contributed by atoms with van der Waals surface area (Å²) in [6.45, 7) is 7.26. The van der Waals surface area contributed by atoms with Crippen LogP contribution >= 0.6 is 24.0 Å². The summed E-state index contributed by atoms with van der Waals surface area (Å²) in [6.07, 6.45) is 1.34. The van der Waals surface area contributed by atoms with Crippen LogP contribution in [-0.2, 0) is 6.54 Å². The highest BCUT2D eigenvalue weighted by atomic mass is 127. The van der Waals surface area contributed by atoms with Crippen LogP contribution in [0.5, 0.6) is 0 Å². The molecule has 0 unspecified atom stereocenters. The van der Waals surface area contributed by atoms with E-state index in [0.29, 0.717) is 37.5 Å². The number of hydrogen-bond donors (Lipinski definition) is 3. The minimum Gasteiger partial charge on any atom is -0.388 e. The van der Waals surface area contributed by atoms with Gasteiger partial charge in [-0.25, -0.2) is 9.38 Å². The summed E-state index contributed by atoms with van der Waals surface area (Å²) in [6, 6.07) is 6.60. The molecule has 0 amide bonds. The summed E-state index contributed by atoms with van der Waals surface area (Å²) in [5.74, 6) is 0.330. The molecule has 6 heteroatoms. The van der Waals surface area contributed by atoms with Gasteiger partial charge in [-0.15, -0.1) is 24.0 Å². The van der Waals surface area contributed by atoms with Gasteiger partial charge in [-0.05, 0) is 25.8 Å². The molecule has 0 radical (unpaired) electrons. The molecule has 0 spiro atoms. The lowest BCUT2D eigenvalue weighted by molar-refractivity contribution is 0.0367. The molecule has 0 saturated heterocycles. The number of nitrogens with one attached hydrogen (secondary N) is 2. The Morgan fingerprint density at radius 1 is 1.18 bits per heavy atom. The van der Waals surface area contributed by atoms with Crippen LogP contribution in [0.4, 0.5) is 4.39 Å². The first-order valence-electron chi connectivity index (χ1n) is 7.52. The molecular formula is C16H27FIN3O. The predicted molar refractivity (Wildman–Crippen MR) is 100 cm³/mol. The second kappa shape index (κ2) is 10.8. The molecule has 0 fully saturated rings. The first-order valence-corrected chi connectivity index (χ1v) is 7.52. The molecule has 1 aromatic carbocycles. The van der Waals surface area contributed by atoms with Crippen LogP contribution < -0.4 is 10.6 Å². The fraction of sp³-hybridized carbons (Fsp3) is 0.562. The highest BCUT2D eigenvalue weighted by Crippen LogP contribution is 2.12. The van der Waals surface area contributed by atoms with Crippen LogP contribution in [-0.4, -0.2) is 29.8 Å². The topological polar surface area (TPSA) is 56.7 Å². The molecule has 0 aliphatic rings. The summed E-state index contributed by atoms with van der Waals surface area (Å²) < 4.78 is 13.6. The van der Waals surface area contributed by atoms with Crippen molar-refractivity contribution in [3.05, 3.63) is 35.6 Å². The Morgan fingerprint density at radius 2 is 1.82 bits per heavy atom. The minimum atomic E-state index is -0.742. The molecule has 0 atom stereocenters. The van der Waals surface area contributed by atoms with Gasteiger partial charge in [0.15, 0.2) is 5.96 Å². The number of halogens is 2. The molecule has 0 aliphatic heterocycles. The number of nitrogens with zero attached hydrogens (tertiary/aromatic N) is 1. The second-order valence-electron chi connectivity index (χ2n) is 5.07. The normalized spacial score (nSPS) is 11.8. The summed E-state index contributed by atoms with van der Waals surface area (Å²) >= 11 is 0. The molecule has 126 valence electrons. The number of hydrogen-bond acceptors (Lipinski definition) is 2. The summed E-state index contributed by atoms with van der Waals surface area (Å²) in [4.78, 5) is 4.36. The van der Waals surface area contributed by atoms with Crippen molar-refractivity contribution in [3.63, 3.8) is 0 Å². The van der Waals surface area contributed by atoms with Gasteiger partial charge in [0.25, 0.3) is 0 Å². The van der Waals surface area contributed by atoms with Gasteiger partial charge in [-0.2, -0.15) is 0 Å². The van der Waals surface area contributed by atoms with E-state index in [1.54, 1.807) is 18.2 Å². The average Bonchev–Trinajstić information content (AvgIpc) is 2.51. The third-order valence-corrected chi connectivity index (χ3v) is 3.61. The van der Waals surface area contributed by atoms with Crippen molar-refractivity contribution in [3.8, 4) is 0 Å². The molecular weight excluding hydrogens is 396 g/mol. The van der Waals surface area contributed by atoms with Crippen molar-refractivity contribution in [1.82, 2.24) is 10.6 Å². The Labute approximate surface area is 149 Å². The zero-order valence-electron chi connectivity index (χ0n) is 13.5. The van der Waals surface area contributed by atoms with Gasteiger partial charge in [0.2, 0.25) is 0 Å². The lowest BCUT2D eigenvalue weighted by atomic mass is 9.98. The maximum atomic E-state index is 13.6. The van der Waals surface area contributed by atoms with Crippen molar-refractivity contribution < 1.29 is 9.50 Å². The smallest absolute Gasteiger partial charge is 0.191 e. The number of guanidine groups is 1. The van der Waals surface area contributed by atoms with Crippen LogP contribution in [0.15, 0.2) is 29.3 Å². The standard InChI is InChI=1S/C16H26FN3O.HI/c1-4-16(21,5-2)12-20-15(18-6-3)19-11-13-9-7-8-10-14(13)17;/h7-10,21H,4-6,11-12H2,1-3H3,(H2,18,19,20);1H. The van der Waals surface area contributed by atoms with Gasteiger partial charge in [0.05, 0.1) is 12.1 Å². The quantitative estimate of drug-likeness (QED) is 0.359. The highest BCUT2D eigenvalue weighted by molar-refractivity contribution is 14.0. The Hall–Kier alpha value is -0.890. The summed E-state index contributed by atoms with van der Waals surface area (Å²) in [5, 5.41) is 16.5. The molecule has 22 heavy (non-hydrogen) atoms. The largest absolute Gasteiger partial charge is 0.388 e. The van der Waals surface area contributed by atoms with E-state index in [2.05, 4.69) is 15.6 Å². The van der Waals surface area contributed by atoms with Gasteiger partial charge in [0, 0.05) is 18.7 Å². The van der Waals surface area contributed by atoms with E-state index in [4.69, 9.17) is 0 Å². The molecule has 0 heterocycles. The Morgan fingerprint density at radius 3 is 2.36 bits per heavy atom. The van der Waals surface area contributed by atoms with Gasteiger partial charge in [0.1, 0.15) is 5.82 Å². The maximum absolute atomic E-state index is 13.6. The van der Waals surface area contributed by atoms with Gasteiger partial charge >= 0.3 is 0 Å². The van der Waals surface area contributed by atoms with Crippen molar-refractivity contribution in [2.75, 3.05) is 13.1 Å². The molecule has 0 bridgehead atoms. The van der Waals surface area contributed by atoms with Gasteiger partial charge < -0.3 is 15.7 Å². The fourth-order valence-electron chi connectivity index (χ4n) is 1.88. The SMILES string of the molecule is CCNC(=NCc1ccccc1F)NCC(O)(CC)CC.I. The van der Waals surface area contributed by atoms with Crippen LogP contribution in [0.1, 0.15) is 39.2 Å². The summed E-state index contributed by atoms with van der Waals surface area (Å²) in [5.41, 5.74) is -0.190. The molecule has 0 aromatic heterocycles. The lowest BCUT2D eigenvalue weighted by Gasteiger charge is -2.26. The lowest BCUT2D eigenvalue weighted by Crippen LogP contribution is -2.46. The zero-order chi connectivity index (χ0) is 15.7. The number of rotatable bonds is 7. The predicted octanol–water partition coefficient (Wildman–Crippen LogP) is 3.05. The summed E-state index contributed by atoms with van der Waals surface area (Å²) in [7, 11) is 0.